The van der Waals surface area contributed by atoms with Gasteiger partial charge in [0.05, 0.1) is 0 Å². The molecular weight excluding hydrogens is 363 g/mol. The van der Waals surface area contributed by atoms with Gasteiger partial charge in [-0.15, -0.1) is 11.8 Å². The Labute approximate surface area is 164 Å². The molecule has 2 heterocycles. The molecule has 2 aromatic carbocycles. The van der Waals surface area contributed by atoms with E-state index in [-0.39, 0.29) is 5.82 Å². The Hall–Kier alpha value is -1.01. The Morgan fingerprint density at radius 3 is 2.65 bits per heavy atom. The molecule has 1 unspecified atom stereocenters. The van der Waals surface area contributed by atoms with Gasteiger partial charge in [0.1, 0.15) is 5.82 Å². The van der Waals surface area contributed by atoms with Crippen LogP contribution in [0.3, 0.4) is 0 Å². The molecule has 1 saturated heterocycles. The lowest BCUT2D eigenvalue weighted by Crippen LogP contribution is -2.46. The number of halogens is 1. The zero-order valence-electron chi connectivity index (χ0n) is 15.4. The van der Waals surface area contributed by atoms with E-state index in [9.17, 15) is 4.39 Å². The highest BCUT2D eigenvalue weighted by atomic mass is 32.2. The van der Waals surface area contributed by atoms with Crippen molar-refractivity contribution in [1.82, 2.24) is 9.80 Å². The molecule has 2 aliphatic heterocycles. The average Bonchev–Trinajstić information content (AvgIpc) is 2.79. The van der Waals surface area contributed by atoms with Gasteiger partial charge in [0.2, 0.25) is 0 Å². The molecule has 2 aromatic rings. The average molecular weight is 389 g/mol. The molecule has 4 rings (SSSR count). The Morgan fingerprint density at radius 1 is 1.08 bits per heavy atom. The molecule has 26 heavy (non-hydrogen) atoms. The minimum atomic E-state index is -0.144. The molecule has 1 atom stereocenters. The summed E-state index contributed by atoms with van der Waals surface area (Å²) in [7, 11) is 2.20. The van der Waals surface area contributed by atoms with E-state index in [2.05, 4.69) is 42.0 Å². The van der Waals surface area contributed by atoms with Crippen molar-refractivity contribution in [2.24, 2.45) is 0 Å². The molecular formula is C21H25FN2S2. The van der Waals surface area contributed by atoms with Gasteiger partial charge < -0.3 is 4.90 Å². The first kappa shape index (κ1) is 18.4. The number of benzene rings is 2. The molecule has 0 spiro atoms. The van der Waals surface area contributed by atoms with Crippen LogP contribution in [0.5, 0.6) is 0 Å². The fourth-order valence-electron chi connectivity index (χ4n) is 3.82. The van der Waals surface area contributed by atoms with Crippen LogP contribution in [0.2, 0.25) is 0 Å². The predicted octanol–water partition coefficient (Wildman–Crippen LogP) is 4.93. The van der Waals surface area contributed by atoms with Crippen molar-refractivity contribution in [3.63, 3.8) is 0 Å². The number of rotatable bonds is 3. The van der Waals surface area contributed by atoms with E-state index in [0.29, 0.717) is 6.04 Å². The third kappa shape index (κ3) is 3.81. The van der Waals surface area contributed by atoms with Crippen LogP contribution < -0.4 is 0 Å². The van der Waals surface area contributed by atoms with Gasteiger partial charge in [0.25, 0.3) is 0 Å². The Bertz CT molecular complexity index is 788. The molecule has 0 bridgehead atoms. The van der Waals surface area contributed by atoms with Gasteiger partial charge in [-0.2, -0.15) is 0 Å². The second-order valence-corrected chi connectivity index (χ2v) is 9.47. The molecule has 2 aliphatic rings. The lowest BCUT2D eigenvalue weighted by atomic mass is 9.96. The lowest BCUT2D eigenvalue weighted by molar-refractivity contribution is 0.109. The summed E-state index contributed by atoms with van der Waals surface area (Å²) in [4.78, 5) is 8.70. The molecule has 138 valence electrons. The lowest BCUT2D eigenvalue weighted by Gasteiger charge is -2.38. The van der Waals surface area contributed by atoms with E-state index >= 15 is 0 Å². The summed E-state index contributed by atoms with van der Waals surface area (Å²) in [5.41, 5.74) is 2.68. The monoisotopic (exact) mass is 388 g/mol. The maximum absolute atomic E-state index is 13.8. The van der Waals surface area contributed by atoms with E-state index in [1.807, 2.05) is 17.8 Å². The summed E-state index contributed by atoms with van der Waals surface area (Å²) in [5, 5.41) is 0. The van der Waals surface area contributed by atoms with E-state index in [1.165, 1.54) is 20.9 Å². The highest BCUT2D eigenvalue weighted by molar-refractivity contribution is 7.99. The van der Waals surface area contributed by atoms with Gasteiger partial charge >= 0.3 is 0 Å². The summed E-state index contributed by atoms with van der Waals surface area (Å²) >= 11 is 3.62. The maximum atomic E-state index is 13.8. The van der Waals surface area contributed by atoms with Gasteiger partial charge in [-0.05, 0) is 60.7 Å². The molecule has 0 radical (unpaired) electrons. The van der Waals surface area contributed by atoms with Crippen LogP contribution in [0.25, 0.3) is 0 Å². The predicted molar refractivity (Wildman–Crippen MR) is 109 cm³/mol. The maximum Gasteiger partial charge on any atom is 0.124 e. The molecule has 0 aromatic heterocycles. The largest absolute Gasteiger partial charge is 0.304 e. The minimum Gasteiger partial charge on any atom is -0.304 e. The zero-order valence-corrected chi connectivity index (χ0v) is 17.0. The SMILES string of the molecule is CCSc1ccc2c(c1)C(N1CCN(C)CC1)Cc1ccc(F)cc1S2. The number of piperazine rings is 1. The number of thioether (sulfide) groups is 1. The Kier molecular flexibility index (Phi) is 5.60. The van der Waals surface area contributed by atoms with Gasteiger partial charge in [0, 0.05) is 46.9 Å². The molecule has 5 heteroatoms. The molecule has 0 N–H and O–H groups in total. The van der Waals surface area contributed by atoms with Crippen molar-refractivity contribution < 1.29 is 4.39 Å². The van der Waals surface area contributed by atoms with E-state index in [0.717, 1.165) is 43.2 Å². The minimum absolute atomic E-state index is 0.144. The van der Waals surface area contributed by atoms with Crippen LogP contribution >= 0.6 is 23.5 Å². The highest BCUT2D eigenvalue weighted by Crippen LogP contribution is 2.44. The number of fused-ring (bicyclic) bond motifs is 2. The Morgan fingerprint density at radius 2 is 1.88 bits per heavy atom. The fourth-order valence-corrected chi connectivity index (χ4v) is 5.67. The van der Waals surface area contributed by atoms with Crippen LogP contribution in [0.4, 0.5) is 4.39 Å². The van der Waals surface area contributed by atoms with E-state index in [4.69, 9.17) is 0 Å². The van der Waals surface area contributed by atoms with Gasteiger partial charge in [-0.3, -0.25) is 4.90 Å². The summed E-state index contributed by atoms with van der Waals surface area (Å²) < 4.78 is 13.8. The quantitative estimate of drug-likeness (QED) is 0.687. The smallest absolute Gasteiger partial charge is 0.124 e. The standard InChI is InChI=1S/C21H25FN2S2/c1-3-25-17-6-7-20-18(14-17)19(24-10-8-23(2)9-11-24)12-15-4-5-16(22)13-21(15)26-20/h4-7,13-14,19H,3,8-12H2,1-2H3. The third-order valence-corrected chi connectivity index (χ3v) is 7.36. The molecule has 1 fully saturated rings. The normalized spacial score (nSPS) is 21.1. The van der Waals surface area contributed by atoms with E-state index < -0.39 is 0 Å². The third-order valence-electron chi connectivity index (χ3n) is 5.29. The molecule has 0 saturated carbocycles. The van der Waals surface area contributed by atoms with Crippen molar-refractivity contribution in [3.05, 3.63) is 53.3 Å². The molecule has 2 nitrogen and oxygen atoms in total. The van der Waals surface area contributed by atoms with Gasteiger partial charge in [0.15, 0.2) is 0 Å². The van der Waals surface area contributed by atoms with Crippen molar-refractivity contribution in [2.75, 3.05) is 39.0 Å². The van der Waals surface area contributed by atoms with Crippen molar-refractivity contribution in [2.45, 2.75) is 34.1 Å². The first-order chi connectivity index (χ1) is 12.6. The molecule has 0 aliphatic carbocycles. The van der Waals surface area contributed by atoms with Crippen molar-refractivity contribution in [1.29, 1.82) is 0 Å². The summed E-state index contributed by atoms with van der Waals surface area (Å²) in [6.45, 7) is 6.60. The first-order valence-electron chi connectivity index (χ1n) is 9.29. The van der Waals surface area contributed by atoms with Gasteiger partial charge in [-0.1, -0.05) is 24.8 Å². The topological polar surface area (TPSA) is 6.48 Å². The molecule has 0 amide bonds. The zero-order chi connectivity index (χ0) is 18.1. The fraction of sp³-hybridized carbons (Fsp3) is 0.429. The summed E-state index contributed by atoms with van der Waals surface area (Å²) in [6, 6.07) is 12.5. The van der Waals surface area contributed by atoms with Crippen LogP contribution in [-0.2, 0) is 6.42 Å². The van der Waals surface area contributed by atoms with E-state index in [1.54, 1.807) is 23.9 Å². The van der Waals surface area contributed by atoms with Crippen LogP contribution in [0, 0.1) is 5.82 Å². The highest BCUT2D eigenvalue weighted by Gasteiger charge is 2.29. The van der Waals surface area contributed by atoms with Crippen LogP contribution in [0.15, 0.2) is 51.1 Å². The first-order valence-corrected chi connectivity index (χ1v) is 11.1. The number of hydrogen-bond acceptors (Lipinski definition) is 4. The van der Waals surface area contributed by atoms with Crippen molar-refractivity contribution >= 4 is 23.5 Å². The van der Waals surface area contributed by atoms with Gasteiger partial charge in [-0.25, -0.2) is 4.39 Å². The summed E-state index contributed by atoms with van der Waals surface area (Å²) in [5.74, 6) is 0.935. The Balaban J connectivity index is 1.75. The second-order valence-electron chi connectivity index (χ2n) is 7.05. The van der Waals surface area contributed by atoms with Crippen molar-refractivity contribution in [3.8, 4) is 0 Å². The summed E-state index contributed by atoms with van der Waals surface area (Å²) in [6.07, 6.45) is 0.958. The number of nitrogens with zero attached hydrogens (tertiary/aromatic N) is 2. The number of likely N-dealkylation sites (N-methyl/N-ethyl adjacent to an activating group) is 1. The number of hydrogen-bond donors (Lipinski definition) is 0. The second kappa shape index (κ2) is 7.93. The van der Waals surface area contributed by atoms with Crippen LogP contribution in [-0.4, -0.2) is 48.8 Å². The van der Waals surface area contributed by atoms with Crippen LogP contribution in [0.1, 0.15) is 24.1 Å².